The summed E-state index contributed by atoms with van der Waals surface area (Å²) in [5, 5.41) is 5.04. The second-order valence-electron chi connectivity index (χ2n) is 6.20. The molecule has 1 aromatic heterocycles. The number of rotatable bonds is 16. The van der Waals surface area contributed by atoms with E-state index >= 15 is 0 Å². The van der Waals surface area contributed by atoms with Crippen LogP contribution in [0.15, 0.2) is 10.3 Å². The number of hydrogen-bond acceptors (Lipinski definition) is 6. The fourth-order valence-electron chi connectivity index (χ4n) is 2.62. The average molecular weight is 385 g/mol. The Kier molecular flexibility index (Phi) is 14.2. The van der Waals surface area contributed by atoms with Crippen LogP contribution < -0.4 is 5.32 Å². The Morgan fingerprint density at radius 1 is 0.640 bits per heavy atom. The molecule has 0 atom stereocenters. The third-order valence-corrected chi connectivity index (χ3v) is 5.41. The van der Waals surface area contributed by atoms with Gasteiger partial charge in [0.2, 0.25) is 5.95 Å². The van der Waals surface area contributed by atoms with E-state index in [-0.39, 0.29) is 0 Å². The number of aromatic nitrogens is 3. The summed E-state index contributed by atoms with van der Waals surface area (Å²) in [4.78, 5) is 13.5. The van der Waals surface area contributed by atoms with Gasteiger partial charge in [-0.3, -0.25) is 0 Å². The van der Waals surface area contributed by atoms with Gasteiger partial charge in [0.05, 0.1) is 0 Å². The third-order valence-electron chi connectivity index (χ3n) is 3.95. The summed E-state index contributed by atoms with van der Waals surface area (Å²) in [6.45, 7) is 7.47. The van der Waals surface area contributed by atoms with E-state index in [1.54, 1.807) is 23.5 Å². The van der Waals surface area contributed by atoms with E-state index in [0.29, 0.717) is 0 Å². The summed E-state index contributed by atoms with van der Waals surface area (Å²) in [5.74, 6) is 2.70. The zero-order valence-electron chi connectivity index (χ0n) is 16.4. The zero-order chi connectivity index (χ0) is 18.2. The SMILES string of the molecule is CCCCCCCCCCCCNc1nc(SCC)nc(SCC)n1. The molecule has 6 heteroatoms. The summed E-state index contributed by atoms with van der Waals surface area (Å²) < 4.78 is 0. The van der Waals surface area contributed by atoms with Gasteiger partial charge in [0.15, 0.2) is 10.3 Å². The maximum absolute atomic E-state index is 4.50. The highest BCUT2D eigenvalue weighted by Crippen LogP contribution is 2.19. The molecule has 0 aliphatic heterocycles. The fraction of sp³-hybridized carbons (Fsp3) is 0.842. The topological polar surface area (TPSA) is 50.7 Å². The summed E-state index contributed by atoms with van der Waals surface area (Å²) in [6, 6.07) is 0. The standard InChI is InChI=1S/C19H36N4S2/c1-4-7-8-9-10-11-12-13-14-15-16-20-17-21-18(24-5-2)23-19(22-17)25-6-3/h4-16H2,1-3H3,(H,20,21,22,23). The van der Waals surface area contributed by atoms with E-state index in [2.05, 4.69) is 41.0 Å². The lowest BCUT2D eigenvalue weighted by Gasteiger charge is -2.08. The van der Waals surface area contributed by atoms with Gasteiger partial charge in [0.1, 0.15) is 0 Å². The Labute approximate surface area is 163 Å². The molecule has 25 heavy (non-hydrogen) atoms. The van der Waals surface area contributed by atoms with Crippen molar-refractivity contribution >= 4 is 29.5 Å². The Bertz CT molecular complexity index is 419. The molecule has 0 aromatic carbocycles. The first-order chi connectivity index (χ1) is 12.3. The van der Waals surface area contributed by atoms with Gasteiger partial charge in [-0.25, -0.2) is 0 Å². The van der Waals surface area contributed by atoms with Gasteiger partial charge in [-0.2, -0.15) is 15.0 Å². The summed E-state index contributed by atoms with van der Waals surface area (Å²) in [7, 11) is 0. The summed E-state index contributed by atoms with van der Waals surface area (Å²) >= 11 is 3.35. The Hall–Kier alpha value is -0.490. The summed E-state index contributed by atoms with van der Waals surface area (Å²) in [5.41, 5.74) is 0. The van der Waals surface area contributed by atoms with Crippen molar-refractivity contribution in [1.29, 1.82) is 0 Å². The molecule has 0 radical (unpaired) electrons. The third kappa shape index (κ3) is 11.7. The largest absolute Gasteiger partial charge is 0.354 e. The van der Waals surface area contributed by atoms with Gasteiger partial charge in [0.25, 0.3) is 0 Å². The van der Waals surface area contributed by atoms with Crippen LogP contribution in [0.5, 0.6) is 0 Å². The molecule has 1 N–H and O–H groups in total. The highest BCUT2D eigenvalue weighted by molar-refractivity contribution is 7.99. The van der Waals surface area contributed by atoms with Gasteiger partial charge in [-0.15, -0.1) is 0 Å². The minimum Gasteiger partial charge on any atom is -0.354 e. The van der Waals surface area contributed by atoms with Gasteiger partial charge in [0, 0.05) is 6.54 Å². The molecule has 1 aromatic rings. The lowest BCUT2D eigenvalue weighted by Crippen LogP contribution is -2.08. The fourth-order valence-corrected chi connectivity index (χ4v) is 3.80. The Morgan fingerprint density at radius 3 is 1.60 bits per heavy atom. The zero-order valence-corrected chi connectivity index (χ0v) is 18.0. The van der Waals surface area contributed by atoms with Crippen LogP contribution >= 0.6 is 23.5 Å². The molecule has 144 valence electrons. The first kappa shape index (κ1) is 22.6. The summed E-state index contributed by atoms with van der Waals surface area (Å²) in [6.07, 6.45) is 13.6. The molecule has 0 spiro atoms. The van der Waals surface area contributed by atoms with Gasteiger partial charge < -0.3 is 5.32 Å². The molecule has 0 unspecified atom stereocenters. The number of thioether (sulfide) groups is 2. The van der Waals surface area contributed by atoms with Crippen LogP contribution in [0.2, 0.25) is 0 Å². The van der Waals surface area contributed by atoms with Crippen LogP contribution in [0.1, 0.15) is 85.0 Å². The highest BCUT2D eigenvalue weighted by Gasteiger charge is 2.06. The molecule has 0 saturated carbocycles. The molecule has 0 aliphatic carbocycles. The number of anilines is 1. The van der Waals surface area contributed by atoms with Crippen molar-refractivity contribution < 1.29 is 0 Å². The predicted molar refractivity (Wildman–Crippen MR) is 113 cm³/mol. The maximum Gasteiger partial charge on any atom is 0.227 e. The second kappa shape index (κ2) is 15.7. The number of nitrogens with one attached hydrogen (secondary N) is 1. The van der Waals surface area contributed by atoms with E-state index in [1.807, 2.05) is 0 Å². The minimum absolute atomic E-state index is 0.734. The molecule has 0 aliphatic rings. The van der Waals surface area contributed by atoms with Crippen LogP contribution in [-0.4, -0.2) is 33.0 Å². The van der Waals surface area contributed by atoms with Crippen LogP contribution in [0, 0.1) is 0 Å². The van der Waals surface area contributed by atoms with Crippen molar-refractivity contribution in [3.05, 3.63) is 0 Å². The van der Waals surface area contributed by atoms with Crippen molar-refractivity contribution in [2.24, 2.45) is 0 Å². The van der Waals surface area contributed by atoms with Crippen molar-refractivity contribution in [2.45, 2.75) is 95.3 Å². The van der Waals surface area contributed by atoms with Crippen molar-refractivity contribution in [2.75, 3.05) is 23.4 Å². The Morgan fingerprint density at radius 2 is 1.12 bits per heavy atom. The van der Waals surface area contributed by atoms with E-state index < -0.39 is 0 Å². The van der Waals surface area contributed by atoms with E-state index in [1.165, 1.54) is 64.2 Å². The van der Waals surface area contributed by atoms with Crippen LogP contribution in [0.3, 0.4) is 0 Å². The lowest BCUT2D eigenvalue weighted by atomic mass is 10.1. The molecule has 0 saturated heterocycles. The lowest BCUT2D eigenvalue weighted by molar-refractivity contribution is 0.559. The van der Waals surface area contributed by atoms with Crippen LogP contribution in [0.25, 0.3) is 0 Å². The number of hydrogen-bond donors (Lipinski definition) is 1. The number of nitrogens with zero attached hydrogens (tertiary/aromatic N) is 3. The van der Waals surface area contributed by atoms with Crippen molar-refractivity contribution in [3.63, 3.8) is 0 Å². The van der Waals surface area contributed by atoms with E-state index in [9.17, 15) is 0 Å². The maximum atomic E-state index is 4.50. The van der Waals surface area contributed by atoms with Gasteiger partial charge in [-0.05, 0) is 17.9 Å². The molecule has 0 fully saturated rings. The first-order valence-corrected chi connectivity index (χ1v) is 12.0. The van der Waals surface area contributed by atoms with Crippen LogP contribution in [-0.2, 0) is 0 Å². The number of unbranched alkanes of at least 4 members (excludes halogenated alkanes) is 9. The second-order valence-corrected chi connectivity index (χ2v) is 8.66. The molecule has 4 nitrogen and oxygen atoms in total. The van der Waals surface area contributed by atoms with E-state index in [0.717, 1.165) is 34.3 Å². The van der Waals surface area contributed by atoms with Crippen molar-refractivity contribution in [1.82, 2.24) is 15.0 Å². The van der Waals surface area contributed by atoms with Gasteiger partial charge in [-0.1, -0.05) is 102 Å². The smallest absolute Gasteiger partial charge is 0.227 e. The monoisotopic (exact) mass is 384 g/mol. The van der Waals surface area contributed by atoms with Crippen molar-refractivity contribution in [3.8, 4) is 0 Å². The van der Waals surface area contributed by atoms with E-state index in [4.69, 9.17) is 0 Å². The molecule has 1 rings (SSSR count). The minimum atomic E-state index is 0.734. The predicted octanol–water partition coefficient (Wildman–Crippen LogP) is 6.43. The average Bonchev–Trinajstić information content (AvgIpc) is 2.60. The highest BCUT2D eigenvalue weighted by atomic mass is 32.2. The molecule has 1 heterocycles. The van der Waals surface area contributed by atoms with Crippen LogP contribution in [0.4, 0.5) is 5.95 Å². The molecule has 0 amide bonds. The first-order valence-electron chi connectivity index (χ1n) is 10.1. The normalized spacial score (nSPS) is 11.0. The van der Waals surface area contributed by atoms with Gasteiger partial charge >= 0.3 is 0 Å². The molecular weight excluding hydrogens is 348 g/mol. The quantitative estimate of drug-likeness (QED) is 0.262. The Balaban J connectivity index is 2.14. The molecular formula is C19H36N4S2. The molecule has 0 bridgehead atoms.